The van der Waals surface area contributed by atoms with Crippen molar-refractivity contribution in [2.24, 2.45) is 0 Å². The number of halogens is 2. The summed E-state index contributed by atoms with van der Waals surface area (Å²) in [6.45, 7) is -3.14. The van der Waals surface area contributed by atoms with Crippen molar-refractivity contribution in [3.05, 3.63) is 48.0 Å². The van der Waals surface area contributed by atoms with Gasteiger partial charge in [0.2, 0.25) is 0 Å². The molecule has 1 N–H and O–H groups in total. The van der Waals surface area contributed by atoms with Crippen molar-refractivity contribution in [3.8, 4) is 17.2 Å². The third-order valence-corrected chi connectivity index (χ3v) is 5.09. The summed E-state index contributed by atoms with van der Waals surface area (Å²) in [5.41, 5.74) is 0.0878. The van der Waals surface area contributed by atoms with Crippen LogP contribution in [-0.2, 0) is 19.6 Å². The number of hydrogen-bond donors (Lipinski definition) is 1. The summed E-state index contributed by atoms with van der Waals surface area (Å²) in [7, 11) is -0.598. The van der Waals surface area contributed by atoms with E-state index in [0.29, 0.717) is 0 Å². The Hall–Kier alpha value is -3.34. The smallest absolute Gasteiger partial charge is 0.387 e. The van der Waals surface area contributed by atoms with Crippen LogP contribution in [0.3, 0.4) is 0 Å². The zero-order chi connectivity index (χ0) is 22.3. The Kier molecular flexibility index (Phi) is 7.59. The highest BCUT2D eigenvalue weighted by atomic mass is 32.2. The van der Waals surface area contributed by atoms with Gasteiger partial charge in [-0.15, -0.1) is 0 Å². The monoisotopic (exact) mass is 443 g/mol. The number of alkyl halides is 2. The van der Waals surface area contributed by atoms with Crippen LogP contribution in [0, 0.1) is 0 Å². The third-order valence-electron chi connectivity index (χ3n) is 3.72. The van der Waals surface area contributed by atoms with E-state index in [0.717, 1.165) is 6.08 Å². The molecule has 2 rings (SSSR count). The minimum absolute atomic E-state index is 0.0713. The van der Waals surface area contributed by atoms with E-state index in [2.05, 4.69) is 14.2 Å². The minimum Gasteiger partial charge on any atom is -0.493 e. The van der Waals surface area contributed by atoms with E-state index in [4.69, 9.17) is 9.47 Å². The summed E-state index contributed by atoms with van der Waals surface area (Å²) < 4.78 is 72.7. The maximum Gasteiger partial charge on any atom is 0.387 e. The maximum atomic E-state index is 13.0. The maximum absolute atomic E-state index is 13.0. The van der Waals surface area contributed by atoms with Crippen LogP contribution in [-0.4, -0.2) is 42.3 Å². The van der Waals surface area contributed by atoms with Gasteiger partial charge in [-0.2, -0.15) is 8.78 Å². The molecule has 0 heterocycles. The number of nitrogens with one attached hydrogen (secondary N) is 1. The van der Waals surface area contributed by atoms with Gasteiger partial charge in [0.25, 0.3) is 10.0 Å². The highest BCUT2D eigenvalue weighted by Gasteiger charge is 2.25. The Morgan fingerprint density at radius 3 is 2.37 bits per heavy atom. The Labute approximate surface area is 172 Å². The second-order valence-electron chi connectivity index (χ2n) is 5.59. The number of methoxy groups -OCH3 is 3. The molecule has 0 spiro atoms. The molecule has 30 heavy (non-hydrogen) atoms. The Morgan fingerprint density at radius 2 is 1.77 bits per heavy atom. The average molecular weight is 443 g/mol. The molecule has 0 unspecified atom stereocenters. The number of sulfonamides is 1. The number of carbonyl (C=O) groups excluding carboxylic acids is 1. The predicted molar refractivity (Wildman–Crippen MR) is 104 cm³/mol. The number of hydrogen-bond acceptors (Lipinski definition) is 7. The van der Waals surface area contributed by atoms with E-state index in [1.807, 2.05) is 0 Å². The van der Waals surface area contributed by atoms with Crippen molar-refractivity contribution in [1.82, 2.24) is 0 Å². The molecule has 0 bridgehead atoms. The number of ether oxygens (including phenoxy) is 4. The van der Waals surface area contributed by atoms with Crippen molar-refractivity contribution < 1.29 is 40.9 Å². The fourth-order valence-electron chi connectivity index (χ4n) is 2.43. The SMILES string of the molecule is COC(=O)/C=C/c1cc(OC)c(OC)c(S(=O)(=O)Nc2ccccc2OC(F)F)c1. The lowest BCUT2D eigenvalue weighted by atomic mass is 10.2. The quantitative estimate of drug-likeness (QED) is 0.469. The number of anilines is 1. The van der Waals surface area contributed by atoms with Crippen LogP contribution in [0.1, 0.15) is 5.56 Å². The largest absolute Gasteiger partial charge is 0.493 e. The molecule has 0 fully saturated rings. The first-order valence-electron chi connectivity index (χ1n) is 8.30. The third kappa shape index (κ3) is 5.60. The van der Waals surface area contributed by atoms with E-state index in [1.165, 1.54) is 63.8 Å². The van der Waals surface area contributed by atoms with Gasteiger partial charge >= 0.3 is 12.6 Å². The van der Waals surface area contributed by atoms with E-state index in [9.17, 15) is 22.0 Å². The summed E-state index contributed by atoms with van der Waals surface area (Å²) in [4.78, 5) is 11.0. The summed E-state index contributed by atoms with van der Waals surface area (Å²) in [6.07, 6.45) is 2.41. The van der Waals surface area contributed by atoms with Gasteiger partial charge in [0.05, 0.1) is 27.0 Å². The fourth-order valence-corrected chi connectivity index (χ4v) is 3.71. The molecule has 0 radical (unpaired) electrons. The molecule has 0 saturated carbocycles. The van der Waals surface area contributed by atoms with Crippen molar-refractivity contribution in [2.45, 2.75) is 11.5 Å². The molecule has 162 valence electrons. The van der Waals surface area contributed by atoms with Gasteiger partial charge in [0.1, 0.15) is 10.6 Å². The molecule has 8 nitrogen and oxygen atoms in total. The van der Waals surface area contributed by atoms with Gasteiger partial charge in [0.15, 0.2) is 11.5 Å². The lowest BCUT2D eigenvalue weighted by Gasteiger charge is -2.17. The molecule has 0 aromatic heterocycles. The standard InChI is InChI=1S/C19H19F2NO7S/c1-26-15-10-12(8-9-17(23)27-2)11-16(18(15)28-3)30(24,25)22-13-6-4-5-7-14(13)29-19(20)21/h4-11,19,22H,1-3H3/b9-8+. The van der Waals surface area contributed by atoms with Crippen LogP contribution in [0.15, 0.2) is 47.4 Å². The Bertz CT molecular complexity index is 1040. The van der Waals surface area contributed by atoms with Crippen molar-refractivity contribution in [3.63, 3.8) is 0 Å². The molecule has 0 saturated heterocycles. The Morgan fingerprint density at radius 1 is 1.07 bits per heavy atom. The molecule has 2 aromatic rings. The van der Waals surface area contributed by atoms with Gasteiger partial charge in [-0.3, -0.25) is 4.72 Å². The minimum atomic E-state index is -4.34. The zero-order valence-corrected chi connectivity index (χ0v) is 17.0. The van der Waals surface area contributed by atoms with Gasteiger partial charge in [0, 0.05) is 6.08 Å². The summed E-state index contributed by atoms with van der Waals surface area (Å²) in [6, 6.07) is 7.99. The molecule has 0 aliphatic heterocycles. The van der Waals surface area contributed by atoms with Crippen LogP contribution in [0.25, 0.3) is 6.08 Å². The predicted octanol–water partition coefficient (Wildman–Crippen LogP) is 3.29. The zero-order valence-electron chi connectivity index (χ0n) is 16.2. The highest BCUT2D eigenvalue weighted by molar-refractivity contribution is 7.92. The van der Waals surface area contributed by atoms with E-state index < -0.39 is 22.6 Å². The molecule has 2 aromatic carbocycles. The lowest BCUT2D eigenvalue weighted by Crippen LogP contribution is -2.16. The average Bonchev–Trinajstić information content (AvgIpc) is 2.71. The van der Waals surface area contributed by atoms with Crippen LogP contribution in [0.2, 0.25) is 0 Å². The van der Waals surface area contributed by atoms with E-state index in [1.54, 1.807) is 0 Å². The first-order valence-corrected chi connectivity index (χ1v) is 9.78. The molecule has 0 amide bonds. The van der Waals surface area contributed by atoms with Gasteiger partial charge < -0.3 is 18.9 Å². The molecular formula is C19H19F2NO7S. The van der Waals surface area contributed by atoms with E-state index >= 15 is 0 Å². The molecule has 0 atom stereocenters. The van der Waals surface area contributed by atoms with Gasteiger partial charge in [-0.25, -0.2) is 13.2 Å². The molecule has 0 aliphatic rings. The van der Waals surface area contributed by atoms with Crippen molar-refractivity contribution in [1.29, 1.82) is 0 Å². The van der Waals surface area contributed by atoms with Crippen molar-refractivity contribution >= 4 is 27.8 Å². The van der Waals surface area contributed by atoms with Gasteiger partial charge in [-0.1, -0.05) is 12.1 Å². The van der Waals surface area contributed by atoms with Crippen molar-refractivity contribution in [2.75, 3.05) is 26.1 Å². The number of rotatable bonds is 9. The fraction of sp³-hybridized carbons (Fsp3) is 0.211. The topological polar surface area (TPSA) is 100 Å². The molecule has 0 aliphatic carbocycles. The summed E-state index contributed by atoms with van der Waals surface area (Å²) >= 11 is 0. The number of para-hydroxylation sites is 2. The summed E-state index contributed by atoms with van der Waals surface area (Å²) in [5.74, 6) is -1.05. The molecular weight excluding hydrogens is 424 g/mol. The van der Waals surface area contributed by atoms with Crippen LogP contribution in [0.5, 0.6) is 17.2 Å². The number of benzene rings is 2. The Balaban J connectivity index is 2.55. The van der Waals surface area contributed by atoms with Gasteiger partial charge in [-0.05, 0) is 35.9 Å². The first kappa shape index (κ1) is 22.9. The van der Waals surface area contributed by atoms with Crippen LogP contribution >= 0.6 is 0 Å². The number of carbonyl (C=O) groups is 1. The highest BCUT2D eigenvalue weighted by Crippen LogP contribution is 2.38. The van der Waals surface area contributed by atoms with E-state index in [-0.39, 0.29) is 33.4 Å². The second kappa shape index (κ2) is 9.92. The van der Waals surface area contributed by atoms with Crippen LogP contribution < -0.4 is 18.9 Å². The summed E-state index contributed by atoms with van der Waals surface area (Å²) in [5, 5.41) is 0. The first-order chi connectivity index (χ1) is 14.2. The number of esters is 1. The lowest BCUT2D eigenvalue weighted by molar-refractivity contribution is -0.134. The van der Waals surface area contributed by atoms with Crippen LogP contribution in [0.4, 0.5) is 14.5 Å². The molecule has 11 heteroatoms. The second-order valence-corrected chi connectivity index (χ2v) is 7.24. The normalized spacial score (nSPS) is 11.4.